The van der Waals surface area contributed by atoms with E-state index in [1.54, 1.807) is 6.21 Å². The molecule has 1 amide bonds. The number of aromatic nitrogens is 1. The number of benzene rings is 2. The molecule has 21 heavy (non-hydrogen) atoms. The summed E-state index contributed by atoms with van der Waals surface area (Å²) in [6, 6.07) is 17.0. The third kappa shape index (κ3) is 2.62. The van der Waals surface area contributed by atoms with Gasteiger partial charge in [-0.3, -0.25) is 4.79 Å². The molecule has 5 heteroatoms. The summed E-state index contributed by atoms with van der Waals surface area (Å²) in [4.78, 5) is 15.1. The number of nitrogens with two attached hydrogens (primary N) is 1. The SMILES string of the molecule is Nc1c(C(=O)NN=Cc2ccccc2)[nH]c2ccccc12. The molecule has 0 aliphatic heterocycles. The summed E-state index contributed by atoms with van der Waals surface area (Å²) in [5.74, 6) is -0.365. The Hall–Kier alpha value is -3.08. The number of carbonyl (C=O) groups excluding carboxylic acids is 1. The smallest absolute Gasteiger partial charge is 0.289 e. The number of hydrogen-bond acceptors (Lipinski definition) is 3. The van der Waals surface area contributed by atoms with E-state index in [0.29, 0.717) is 11.4 Å². The summed E-state index contributed by atoms with van der Waals surface area (Å²) in [6.07, 6.45) is 1.58. The van der Waals surface area contributed by atoms with Crippen molar-refractivity contribution in [3.63, 3.8) is 0 Å². The zero-order chi connectivity index (χ0) is 14.7. The van der Waals surface area contributed by atoms with Crippen molar-refractivity contribution in [2.45, 2.75) is 0 Å². The lowest BCUT2D eigenvalue weighted by atomic mass is 10.2. The van der Waals surface area contributed by atoms with Crippen LogP contribution in [0.25, 0.3) is 10.9 Å². The van der Waals surface area contributed by atoms with Gasteiger partial charge in [-0.2, -0.15) is 5.10 Å². The second-order valence-corrected chi connectivity index (χ2v) is 4.57. The van der Waals surface area contributed by atoms with Gasteiger partial charge in [-0.15, -0.1) is 0 Å². The molecule has 4 N–H and O–H groups in total. The molecule has 0 saturated heterocycles. The van der Waals surface area contributed by atoms with Gasteiger partial charge in [0, 0.05) is 10.9 Å². The predicted molar refractivity (Wildman–Crippen MR) is 84.2 cm³/mol. The largest absolute Gasteiger partial charge is 0.396 e. The molecule has 0 aliphatic rings. The highest BCUT2D eigenvalue weighted by atomic mass is 16.2. The first-order valence-electron chi connectivity index (χ1n) is 6.50. The third-order valence-electron chi connectivity index (χ3n) is 3.15. The van der Waals surface area contributed by atoms with Crippen molar-refractivity contribution < 1.29 is 4.79 Å². The minimum absolute atomic E-state index is 0.321. The quantitative estimate of drug-likeness (QED) is 0.508. The molecular weight excluding hydrogens is 264 g/mol. The van der Waals surface area contributed by atoms with E-state index in [1.807, 2.05) is 54.6 Å². The van der Waals surface area contributed by atoms with Gasteiger partial charge in [0.15, 0.2) is 0 Å². The molecule has 3 aromatic rings. The molecular formula is C16H14N4O. The maximum Gasteiger partial charge on any atom is 0.289 e. The zero-order valence-corrected chi connectivity index (χ0v) is 11.2. The van der Waals surface area contributed by atoms with Gasteiger partial charge in [0.2, 0.25) is 0 Å². The van der Waals surface area contributed by atoms with Gasteiger partial charge in [-0.25, -0.2) is 5.43 Å². The molecule has 0 saturated carbocycles. The Bertz CT molecular complexity index is 806. The van der Waals surface area contributed by atoms with Crippen LogP contribution in [0.1, 0.15) is 16.1 Å². The maximum atomic E-state index is 12.1. The van der Waals surface area contributed by atoms with E-state index in [-0.39, 0.29) is 5.91 Å². The number of nitrogens with one attached hydrogen (secondary N) is 2. The van der Waals surface area contributed by atoms with Crippen LogP contribution in [0.4, 0.5) is 5.69 Å². The molecule has 1 aromatic heterocycles. The van der Waals surface area contributed by atoms with Gasteiger partial charge >= 0.3 is 0 Å². The van der Waals surface area contributed by atoms with Gasteiger partial charge in [0.1, 0.15) is 5.69 Å². The van der Waals surface area contributed by atoms with E-state index in [1.165, 1.54) is 0 Å². The highest BCUT2D eigenvalue weighted by molar-refractivity contribution is 6.07. The number of fused-ring (bicyclic) bond motifs is 1. The Morgan fingerprint density at radius 1 is 1.10 bits per heavy atom. The Morgan fingerprint density at radius 3 is 2.57 bits per heavy atom. The van der Waals surface area contributed by atoms with Gasteiger partial charge in [-0.05, 0) is 11.6 Å². The number of anilines is 1. The minimum atomic E-state index is -0.365. The molecule has 2 aromatic carbocycles. The molecule has 5 nitrogen and oxygen atoms in total. The fourth-order valence-corrected chi connectivity index (χ4v) is 2.10. The van der Waals surface area contributed by atoms with Crippen LogP contribution in [0, 0.1) is 0 Å². The molecule has 3 rings (SSSR count). The summed E-state index contributed by atoms with van der Waals surface area (Å²) >= 11 is 0. The van der Waals surface area contributed by atoms with Crippen LogP contribution in [0.5, 0.6) is 0 Å². The van der Waals surface area contributed by atoms with Gasteiger partial charge in [0.25, 0.3) is 5.91 Å². The van der Waals surface area contributed by atoms with E-state index < -0.39 is 0 Å². The van der Waals surface area contributed by atoms with Crippen molar-refractivity contribution in [1.29, 1.82) is 0 Å². The van der Waals surface area contributed by atoms with E-state index >= 15 is 0 Å². The first-order chi connectivity index (χ1) is 10.3. The third-order valence-corrected chi connectivity index (χ3v) is 3.15. The number of H-pyrrole nitrogens is 1. The van der Waals surface area contributed by atoms with E-state index in [9.17, 15) is 4.79 Å². The number of para-hydroxylation sites is 1. The molecule has 104 valence electrons. The lowest BCUT2D eigenvalue weighted by molar-refractivity contribution is 0.0952. The number of nitrogen functional groups attached to an aromatic ring is 1. The molecule has 0 fully saturated rings. The summed E-state index contributed by atoms with van der Waals surface area (Å²) in [7, 11) is 0. The van der Waals surface area contributed by atoms with Crippen molar-refractivity contribution in [2.24, 2.45) is 5.10 Å². The standard InChI is InChI=1S/C16H14N4O/c17-14-12-8-4-5-9-13(12)19-15(14)16(21)20-18-10-11-6-2-1-3-7-11/h1-10,19H,17H2,(H,20,21). The van der Waals surface area contributed by atoms with Crippen LogP contribution in [0.15, 0.2) is 59.7 Å². The second-order valence-electron chi connectivity index (χ2n) is 4.57. The van der Waals surface area contributed by atoms with Crippen LogP contribution in [0.2, 0.25) is 0 Å². The lowest BCUT2D eigenvalue weighted by Crippen LogP contribution is -2.19. The van der Waals surface area contributed by atoms with Crippen molar-refractivity contribution in [1.82, 2.24) is 10.4 Å². The van der Waals surface area contributed by atoms with Crippen LogP contribution in [-0.4, -0.2) is 17.1 Å². The van der Waals surface area contributed by atoms with E-state index in [2.05, 4.69) is 15.5 Å². The predicted octanol–water partition coefficient (Wildman–Crippen LogP) is 2.51. The molecule has 0 aliphatic carbocycles. The molecule has 0 unspecified atom stereocenters. The van der Waals surface area contributed by atoms with E-state index in [0.717, 1.165) is 16.5 Å². The minimum Gasteiger partial charge on any atom is -0.396 e. The number of hydrazone groups is 1. The lowest BCUT2D eigenvalue weighted by Gasteiger charge is -1.98. The number of aromatic amines is 1. The monoisotopic (exact) mass is 278 g/mol. The Kier molecular flexibility index (Phi) is 3.39. The van der Waals surface area contributed by atoms with E-state index in [4.69, 9.17) is 5.73 Å². The number of hydrogen-bond donors (Lipinski definition) is 3. The van der Waals surface area contributed by atoms with Crippen molar-refractivity contribution in [3.8, 4) is 0 Å². The molecule has 0 atom stereocenters. The summed E-state index contributed by atoms with van der Waals surface area (Å²) < 4.78 is 0. The Labute approximate surface area is 121 Å². The number of rotatable bonds is 3. The van der Waals surface area contributed by atoms with Gasteiger partial charge in [-0.1, -0.05) is 48.5 Å². The van der Waals surface area contributed by atoms with Crippen LogP contribution < -0.4 is 11.2 Å². The second kappa shape index (κ2) is 5.50. The van der Waals surface area contributed by atoms with Gasteiger partial charge < -0.3 is 10.7 Å². The van der Waals surface area contributed by atoms with Crippen LogP contribution >= 0.6 is 0 Å². The zero-order valence-electron chi connectivity index (χ0n) is 11.2. The van der Waals surface area contributed by atoms with Crippen molar-refractivity contribution in [2.75, 3.05) is 5.73 Å². The van der Waals surface area contributed by atoms with Crippen molar-refractivity contribution in [3.05, 3.63) is 65.9 Å². The Morgan fingerprint density at radius 2 is 1.81 bits per heavy atom. The molecule has 0 bridgehead atoms. The Balaban J connectivity index is 1.78. The number of carbonyl (C=O) groups is 1. The first kappa shape index (κ1) is 12.9. The summed E-state index contributed by atoms with van der Waals surface area (Å²) in [6.45, 7) is 0. The van der Waals surface area contributed by atoms with Crippen LogP contribution in [0.3, 0.4) is 0 Å². The number of amides is 1. The highest BCUT2D eigenvalue weighted by Gasteiger charge is 2.14. The summed E-state index contributed by atoms with van der Waals surface area (Å²) in [5.41, 5.74) is 10.9. The average molecular weight is 278 g/mol. The normalized spacial score (nSPS) is 11.0. The number of nitrogens with zero attached hydrogens (tertiary/aromatic N) is 1. The topological polar surface area (TPSA) is 83.3 Å². The average Bonchev–Trinajstić information content (AvgIpc) is 2.86. The fourth-order valence-electron chi connectivity index (χ4n) is 2.10. The van der Waals surface area contributed by atoms with Crippen molar-refractivity contribution >= 4 is 28.7 Å². The maximum absolute atomic E-state index is 12.1. The highest BCUT2D eigenvalue weighted by Crippen LogP contribution is 2.24. The molecule has 0 radical (unpaired) electrons. The first-order valence-corrected chi connectivity index (χ1v) is 6.50. The summed E-state index contributed by atoms with van der Waals surface area (Å²) in [5, 5.41) is 4.76. The van der Waals surface area contributed by atoms with Crippen LogP contribution in [-0.2, 0) is 0 Å². The van der Waals surface area contributed by atoms with Gasteiger partial charge in [0.05, 0.1) is 11.9 Å². The molecule has 0 spiro atoms. The fraction of sp³-hybridized carbons (Fsp3) is 0. The molecule has 1 heterocycles.